The fourth-order valence-corrected chi connectivity index (χ4v) is 1.94. The molecule has 5 nitrogen and oxygen atoms in total. The summed E-state index contributed by atoms with van der Waals surface area (Å²) >= 11 is 0. The van der Waals surface area contributed by atoms with Crippen LogP contribution >= 0.6 is 0 Å². The van der Waals surface area contributed by atoms with Gasteiger partial charge in [0, 0.05) is 6.20 Å². The van der Waals surface area contributed by atoms with E-state index in [4.69, 9.17) is 0 Å². The van der Waals surface area contributed by atoms with E-state index in [1.165, 1.54) is 6.33 Å². The summed E-state index contributed by atoms with van der Waals surface area (Å²) in [6, 6.07) is 12.1. The first-order chi connectivity index (χ1) is 9.83. The van der Waals surface area contributed by atoms with Crippen LogP contribution in [0.15, 0.2) is 55.2 Å². The van der Waals surface area contributed by atoms with Crippen molar-refractivity contribution in [1.29, 1.82) is 0 Å². The van der Waals surface area contributed by atoms with Crippen molar-refractivity contribution < 1.29 is 0 Å². The number of hydrogen-bond donors (Lipinski definition) is 1. The fraction of sp³-hybridized carbons (Fsp3) is 0.133. The summed E-state index contributed by atoms with van der Waals surface area (Å²) in [5.41, 5.74) is 4.14. The van der Waals surface area contributed by atoms with Gasteiger partial charge in [0.2, 0.25) is 0 Å². The van der Waals surface area contributed by atoms with Gasteiger partial charge in [-0.15, -0.1) is 0 Å². The molecule has 1 aromatic carbocycles. The summed E-state index contributed by atoms with van der Waals surface area (Å²) in [7, 11) is 0. The molecule has 0 spiro atoms. The second kappa shape index (κ2) is 5.52. The Labute approximate surface area is 117 Å². The molecule has 1 N–H and O–H groups in total. The second-order valence-corrected chi connectivity index (χ2v) is 4.54. The number of rotatable bonds is 4. The minimum absolute atomic E-state index is 0.673. The van der Waals surface area contributed by atoms with Crippen LogP contribution in [0.2, 0.25) is 0 Å². The molecule has 100 valence electrons. The molecule has 3 rings (SSSR count). The molecule has 2 aromatic heterocycles. The van der Waals surface area contributed by atoms with Gasteiger partial charge in [0.05, 0.1) is 23.6 Å². The standard InChI is InChI=1S/C15H15N5/c1-12-6-7-13(17-8-12)9-18-14-4-2-3-5-15(14)20-11-16-10-19-20/h2-8,10-11,18H,9H2,1H3. The van der Waals surface area contributed by atoms with Crippen LogP contribution in [0, 0.1) is 6.92 Å². The number of hydrogen-bond acceptors (Lipinski definition) is 4. The van der Waals surface area contributed by atoms with E-state index in [9.17, 15) is 0 Å². The molecule has 2 heterocycles. The van der Waals surface area contributed by atoms with Gasteiger partial charge in [-0.1, -0.05) is 18.2 Å². The number of aromatic nitrogens is 4. The van der Waals surface area contributed by atoms with Crippen molar-refractivity contribution in [2.75, 3.05) is 5.32 Å². The van der Waals surface area contributed by atoms with Crippen LogP contribution < -0.4 is 5.32 Å². The van der Waals surface area contributed by atoms with E-state index in [0.29, 0.717) is 6.54 Å². The minimum atomic E-state index is 0.673. The van der Waals surface area contributed by atoms with Crippen molar-refractivity contribution in [3.05, 3.63) is 66.5 Å². The van der Waals surface area contributed by atoms with Gasteiger partial charge >= 0.3 is 0 Å². The number of aryl methyl sites for hydroxylation is 1. The molecule has 0 aliphatic heterocycles. The summed E-state index contributed by atoms with van der Waals surface area (Å²) in [5.74, 6) is 0. The maximum atomic E-state index is 4.39. The van der Waals surface area contributed by atoms with Crippen LogP contribution in [0.3, 0.4) is 0 Å². The minimum Gasteiger partial charge on any atom is -0.378 e. The summed E-state index contributed by atoms with van der Waals surface area (Å²) in [4.78, 5) is 8.37. The molecule has 20 heavy (non-hydrogen) atoms. The Bertz CT molecular complexity index is 674. The van der Waals surface area contributed by atoms with E-state index in [1.54, 1.807) is 11.0 Å². The molecule has 5 heteroatoms. The monoisotopic (exact) mass is 265 g/mol. The summed E-state index contributed by atoms with van der Waals surface area (Å²) in [6.45, 7) is 2.70. The zero-order valence-electron chi connectivity index (χ0n) is 11.2. The number of nitrogens with one attached hydrogen (secondary N) is 1. The van der Waals surface area contributed by atoms with Crippen LogP contribution in [0.1, 0.15) is 11.3 Å². The van der Waals surface area contributed by atoms with Gasteiger partial charge in [0.15, 0.2) is 0 Å². The Morgan fingerprint density at radius 3 is 2.80 bits per heavy atom. The molecule has 3 aromatic rings. The van der Waals surface area contributed by atoms with Gasteiger partial charge in [-0.3, -0.25) is 4.98 Å². The van der Waals surface area contributed by atoms with Gasteiger partial charge in [-0.05, 0) is 30.7 Å². The Kier molecular flexibility index (Phi) is 3.41. The Morgan fingerprint density at radius 1 is 1.15 bits per heavy atom. The maximum Gasteiger partial charge on any atom is 0.138 e. The van der Waals surface area contributed by atoms with Crippen LogP contribution in [-0.2, 0) is 6.54 Å². The van der Waals surface area contributed by atoms with Gasteiger partial charge in [0.25, 0.3) is 0 Å². The van der Waals surface area contributed by atoms with Crippen molar-refractivity contribution in [3.63, 3.8) is 0 Å². The predicted octanol–water partition coefficient (Wildman–Crippen LogP) is 2.58. The lowest BCUT2D eigenvalue weighted by molar-refractivity contribution is 0.876. The van der Waals surface area contributed by atoms with Crippen molar-refractivity contribution in [3.8, 4) is 5.69 Å². The fourth-order valence-electron chi connectivity index (χ4n) is 1.94. The van der Waals surface area contributed by atoms with E-state index in [1.807, 2.05) is 43.5 Å². The molecule has 0 amide bonds. The molecule has 0 radical (unpaired) electrons. The molecular weight excluding hydrogens is 250 g/mol. The van der Waals surface area contributed by atoms with Crippen LogP contribution in [-0.4, -0.2) is 19.7 Å². The molecule has 0 bridgehead atoms. The lowest BCUT2D eigenvalue weighted by atomic mass is 10.2. The topological polar surface area (TPSA) is 55.6 Å². The normalized spacial score (nSPS) is 10.4. The second-order valence-electron chi connectivity index (χ2n) is 4.54. The van der Waals surface area contributed by atoms with Gasteiger partial charge in [0.1, 0.15) is 12.7 Å². The number of benzene rings is 1. The van der Waals surface area contributed by atoms with E-state index >= 15 is 0 Å². The van der Waals surface area contributed by atoms with Crippen LogP contribution in [0.5, 0.6) is 0 Å². The number of nitrogens with zero attached hydrogens (tertiary/aromatic N) is 4. The Balaban J connectivity index is 1.79. The first-order valence-electron chi connectivity index (χ1n) is 6.42. The molecule has 0 fully saturated rings. The number of pyridine rings is 1. The molecule has 0 saturated carbocycles. The van der Waals surface area contributed by atoms with Crippen molar-refractivity contribution in [1.82, 2.24) is 19.7 Å². The maximum absolute atomic E-state index is 4.39. The smallest absolute Gasteiger partial charge is 0.138 e. The van der Waals surface area contributed by atoms with Crippen LogP contribution in [0.25, 0.3) is 5.69 Å². The third-order valence-corrected chi connectivity index (χ3v) is 3.00. The highest BCUT2D eigenvalue weighted by Crippen LogP contribution is 2.19. The Hall–Kier alpha value is -2.69. The molecule has 0 saturated heterocycles. The first kappa shape index (κ1) is 12.3. The first-order valence-corrected chi connectivity index (χ1v) is 6.42. The zero-order chi connectivity index (χ0) is 13.8. The number of anilines is 1. The van der Waals surface area contributed by atoms with Crippen molar-refractivity contribution in [2.45, 2.75) is 13.5 Å². The summed E-state index contributed by atoms with van der Waals surface area (Å²) < 4.78 is 1.74. The van der Waals surface area contributed by atoms with Gasteiger partial charge < -0.3 is 5.32 Å². The molecule has 0 atom stereocenters. The highest BCUT2D eigenvalue weighted by molar-refractivity contribution is 5.60. The molecule has 0 aliphatic rings. The largest absolute Gasteiger partial charge is 0.378 e. The summed E-state index contributed by atoms with van der Waals surface area (Å²) in [6.07, 6.45) is 5.09. The highest BCUT2D eigenvalue weighted by Gasteiger charge is 2.04. The quantitative estimate of drug-likeness (QED) is 0.787. The van der Waals surface area contributed by atoms with Crippen molar-refractivity contribution >= 4 is 5.69 Å². The van der Waals surface area contributed by atoms with E-state index < -0.39 is 0 Å². The van der Waals surface area contributed by atoms with Crippen LogP contribution in [0.4, 0.5) is 5.69 Å². The SMILES string of the molecule is Cc1ccc(CNc2ccccc2-n2cncn2)nc1. The zero-order valence-corrected chi connectivity index (χ0v) is 11.2. The lowest BCUT2D eigenvalue weighted by Gasteiger charge is -2.11. The third-order valence-electron chi connectivity index (χ3n) is 3.00. The average Bonchev–Trinajstić information content (AvgIpc) is 3.01. The molecular formula is C15H15N5. The number of para-hydroxylation sites is 2. The molecule has 0 unspecified atom stereocenters. The van der Waals surface area contributed by atoms with Gasteiger partial charge in [-0.2, -0.15) is 5.10 Å². The van der Waals surface area contributed by atoms with E-state index in [2.05, 4.69) is 26.4 Å². The predicted molar refractivity (Wildman–Crippen MR) is 77.7 cm³/mol. The van der Waals surface area contributed by atoms with Gasteiger partial charge in [-0.25, -0.2) is 9.67 Å². The lowest BCUT2D eigenvalue weighted by Crippen LogP contribution is -2.05. The Morgan fingerprint density at radius 2 is 2.05 bits per heavy atom. The highest BCUT2D eigenvalue weighted by atomic mass is 15.3. The molecule has 0 aliphatic carbocycles. The summed E-state index contributed by atoms with van der Waals surface area (Å²) in [5, 5.41) is 7.55. The van der Waals surface area contributed by atoms with E-state index in [-0.39, 0.29) is 0 Å². The third kappa shape index (κ3) is 2.66. The van der Waals surface area contributed by atoms with Crippen molar-refractivity contribution in [2.24, 2.45) is 0 Å². The van der Waals surface area contributed by atoms with E-state index in [0.717, 1.165) is 22.6 Å². The average molecular weight is 265 g/mol.